The monoisotopic (exact) mass is 308 g/mol. The van der Waals surface area contributed by atoms with Gasteiger partial charge in [0.05, 0.1) is 0 Å². The molecule has 1 N–H and O–H groups in total. The average molecular weight is 308 g/mol. The molecule has 0 unspecified atom stereocenters. The second-order valence-corrected chi connectivity index (χ2v) is 7.41. The van der Waals surface area contributed by atoms with Crippen molar-refractivity contribution in [2.24, 2.45) is 0 Å². The SMILES string of the molecule is Cc1onc(NS(=O)(=O)c2cc3ccccc3s2)c1C. The van der Waals surface area contributed by atoms with E-state index in [-0.39, 0.29) is 10.0 Å². The maximum atomic E-state index is 12.4. The van der Waals surface area contributed by atoms with Gasteiger partial charge in [-0.3, -0.25) is 4.72 Å². The lowest BCUT2D eigenvalue weighted by Gasteiger charge is -2.02. The van der Waals surface area contributed by atoms with E-state index in [0.717, 1.165) is 10.1 Å². The molecule has 0 aliphatic carbocycles. The second-order valence-electron chi connectivity index (χ2n) is 4.42. The Morgan fingerprint density at radius 3 is 2.65 bits per heavy atom. The second kappa shape index (κ2) is 4.60. The van der Waals surface area contributed by atoms with Crippen molar-refractivity contribution in [2.45, 2.75) is 18.1 Å². The van der Waals surface area contributed by atoms with Crippen LogP contribution in [-0.4, -0.2) is 13.6 Å². The predicted molar refractivity (Wildman–Crippen MR) is 78.6 cm³/mol. The number of nitrogens with one attached hydrogen (secondary N) is 1. The quantitative estimate of drug-likeness (QED) is 0.805. The zero-order chi connectivity index (χ0) is 14.3. The van der Waals surface area contributed by atoms with Gasteiger partial charge in [0.2, 0.25) is 0 Å². The molecule has 0 fully saturated rings. The molecule has 0 radical (unpaired) electrons. The van der Waals surface area contributed by atoms with Crippen LogP contribution < -0.4 is 4.72 Å². The molecular formula is C13H12N2O3S2. The highest BCUT2D eigenvalue weighted by atomic mass is 32.2. The number of hydrogen-bond acceptors (Lipinski definition) is 5. The summed E-state index contributed by atoms with van der Waals surface area (Å²) < 4.78 is 33.3. The van der Waals surface area contributed by atoms with Gasteiger partial charge in [-0.25, -0.2) is 8.42 Å². The lowest BCUT2D eigenvalue weighted by molar-refractivity contribution is 0.399. The molecular weight excluding hydrogens is 296 g/mol. The van der Waals surface area contributed by atoms with Crippen molar-refractivity contribution in [3.8, 4) is 0 Å². The molecule has 2 aromatic heterocycles. The standard InChI is InChI=1S/C13H12N2O3S2/c1-8-9(2)18-14-13(8)15-20(16,17)12-7-10-5-3-4-6-11(10)19-12/h3-7H,1-2H3,(H,14,15). The van der Waals surface area contributed by atoms with Crippen LogP contribution >= 0.6 is 11.3 Å². The Morgan fingerprint density at radius 1 is 1.25 bits per heavy atom. The van der Waals surface area contributed by atoms with Gasteiger partial charge in [-0.05, 0) is 31.4 Å². The summed E-state index contributed by atoms with van der Waals surface area (Å²) in [5.41, 5.74) is 0.690. The largest absolute Gasteiger partial charge is 0.359 e. The molecule has 0 aliphatic heterocycles. The minimum atomic E-state index is -3.64. The van der Waals surface area contributed by atoms with Crippen LogP contribution in [0.2, 0.25) is 0 Å². The Morgan fingerprint density at radius 2 is 2.00 bits per heavy atom. The van der Waals surface area contributed by atoms with E-state index < -0.39 is 10.0 Å². The lowest BCUT2D eigenvalue weighted by Crippen LogP contribution is -2.12. The Kier molecular flexibility index (Phi) is 3.02. The highest BCUT2D eigenvalue weighted by Gasteiger charge is 2.21. The fourth-order valence-electron chi connectivity index (χ4n) is 1.78. The van der Waals surface area contributed by atoms with Crippen molar-refractivity contribution in [1.29, 1.82) is 0 Å². The van der Waals surface area contributed by atoms with Gasteiger partial charge in [0.1, 0.15) is 9.97 Å². The molecule has 0 saturated carbocycles. The number of aromatic nitrogens is 1. The first kappa shape index (κ1) is 13.1. The molecule has 3 aromatic rings. The number of nitrogens with zero attached hydrogens (tertiary/aromatic N) is 1. The third kappa shape index (κ3) is 2.19. The van der Waals surface area contributed by atoms with Crippen LogP contribution in [-0.2, 0) is 10.0 Å². The van der Waals surface area contributed by atoms with Gasteiger partial charge in [-0.15, -0.1) is 11.3 Å². The fourth-order valence-corrected chi connectivity index (χ4v) is 4.24. The number of anilines is 1. The van der Waals surface area contributed by atoms with Crippen LogP contribution in [0.15, 0.2) is 39.1 Å². The molecule has 0 amide bonds. The smallest absolute Gasteiger partial charge is 0.272 e. The van der Waals surface area contributed by atoms with Gasteiger partial charge >= 0.3 is 0 Å². The number of benzene rings is 1. The molecule has 0 spiro atoms. The normalized spacial score (nSPS) is 11.9. The minimum absolute atomic E-state index is 0.236. The third-order valence-corrected chi connectivity index (χ3v) is 5.98. The van der Waals surface area contributed by atoms with Gasteiger partial charge < -0.3 is 4.52 Å². The number of thiophene rings is 1. The summed E-state index contributed by atoms with van der Waals surface area (Å²) in [7, 11) is -3.64. The number of aryl methyl sites for hydroxylation is 1. The van der Waals surface area contributed by atoms with E-state index in [2.05, 4.69) is 9.88 Å². The maximum absolute atomic E-state index is 12.4. The van der Waals surface area contributed by atoms with E-state index in [9.17, 15) is 8.42 Å². The van der Waals surface area contributed by atoms with Crippen LogP contribution in [0.3, 0.4) is 0 Å². The maximum Gasteiger partial charge on any atom is 0.272 e. The Bertz CT molecular complexity index is 845. The topological polar surface area (TPSA) is 72.2 Å². The molecule has 0 saturated heterocycles. The summed E-state index contributed by atoms with van der Waals surface area (Å²) in [5, 5.41) is 4.63. The highest BCUT2D eigenvalue weighted by Crippen LogP contribution is 2.30. The molecule has 1 aromatic carbocycles. The predicted octanol–water partition coefficient (Wildman–Crippen LogP) is 3.31. The highest BCUT2D eigenvalue weighted by molar-refractivity contribution is 7.94. The van der Waals surface area contributed by atoms with E-state index in [1.807, 2.05) is 24.3 Å². The van der Waals surface area contributed by atoms with E-state index >= 15 is 0 Å². The summed E-state index contributed by atoms with van der Waals surface area (Å²) in [5.74, 6) is 0.832. The van der Waals surface area contributed by atoms with Gasteiger partial charge in [-0.2, -0.15) is 0 Å². The summed E-state index contributed by atoms with van der Waals surface area (Å²) >= 11 is 1.23. The van der Waals surface area contributed by atoms with Crippen molar-refractivity contribution in [2.75, 3.05) is 4.72 Å². The first-order valence-corrected chi connectivity index (χ1v) is 8.21. The van der Waals surface area contributed by atoms with Crippen LogP contribution in [0.5, 0.6) is 0 Å². The van der Waals surface area contributed by atoms with Crippen molar-refractivity contribution in [3.63, 3.8) is 0 Å². The number of fused-ring (bicyclic) bond motifs is 1. The van der Waals surface area contributed by atoms with Crippen LogP contribution in [0.25, 0.3) is 10.1 Å². The van der Waals surface area contributed by atoms with Crippen LogP contribution in [0.1, 0.15) is 11.3 Å². The molecule has 104 valence electrons. The molecule has 0 aliphatic rings. The van der Waals surface area contributed by atoms with Crippen LogP contribution in [0, 0.1) is 13.8 Å². The van der Waals surface area contributed by atoms with Crippen LogP contribution in [0.4, 0.5) is 5.82 Å². The van der Waals surface area contributed by atoms with E-state index in [4.69, 9.17) is 4.52 Å². The first-order chi connectivity index (χ1) is 9.47. The van der Waals surface area contributed by atoms with E-state index in [1.165, 1.54) is 11.3 Å². The Hall–Kier alpha value is -1.86. The van der Waals surface area contributed by atoms with E-state index in [1.54, 1.807) is 19.9 Å². The van der Waals surface area contributed by atoms with E-state index in [0.29, 0.717) is 11.3 Å². The van der Waals surface area contributed by atoms with Crippen molar-refractivity contribution in [3.05, 3.63) is 41.7 Å². The zero-order valence-electron chi connectivity index (χ0n) is 10.9. The Labute approximate surface area is 120 Å². The summed E-state index contributed by atoms with van der Waals surface area (Å²) in [6, 6.07) is 9.20. The number of hydrogen-bond donors (Lipinski definition) is 1. The summed E-state index contributed by atoms with van der Waals surface area (Å²) in [6.45, 7) is 3.49. The minimum Gasteiger partial charge on any atom is -0.359 e. The summed E-state index contributed by atoms with van der Waals surface area (Å²) in [4.78, 5) is 0. The molecule has 20 heavy (non-hydrogen) atoms. The number of sulfonamides is 1. The van der Waals surface area contributed by atoms with Gasteiger partial charge in [0, 0.05) is 10.3 Å². The Balaban J connectivity index is 2.01. The molecule has 5 nitrogen and oxygen atoms in total. The first-order valence-electron chi connectivity index (χ1n) is 5.91. The lowest BCUT2D eigenvalue weighted by atomic mass is 10.3. The van der Waals surface area contributed by atoms with Gasteiger partial charge in [0.15, 0.2) is 5.82 Å². The fraction of sp³-hybridized carbons (Fsp3) is 0.154. The number of rotatable bonds is 3. The average Bonchev–Trinajstić information content (AvgIpc) is 2.98. The molecule has 3 rings (SSSR count). The molecule has 2 heterocycles. The molecule has 7 heteroatoms. The summed E-state index contributed by atoms with van der Waals surface area (Å²) in [6.07, 6.45) is 0. The molecule has 0 atom stereocenters. The zero-order valence-corrected chi connectivity index (χ0v) is 12.5. The van der Waals surface area contributed by atoms with Crippen molar-refractivity contribution >= 4 is 37.3 Å². The van der Waals surface area contributed by atoms with Gasteiger partial charge in [0.25, 0.3) is 10.0 Å². The van der Waals surface area contributed by atoms with Gasteiger partial charge in [-0.1, -0.05) is 23.4 Å². The molecule has 0 bridgehead atoms. The van der Waals surface area contributed by atoms with Crippen molar-refractivity contribution < 1.29 is 12.9 Å². The third-order valence-electron chi connectivity index (χ3n) is 3.06. The van der Waals surface area contributed by atoms with Crippen molar-refractivity contribution in [1.82, 2.24) is 5.16 Å².